The van der Waals surface area contributed by atoms with E-state index in [4.69, 9.17) is 4.74 Å². The largest absolute Gasteiger partial charge is 0.457 e. The van der Waals surface area contributed by atoms with Crippen molar-refractivity contribution in [2.24, 2.45) is 0 Å². The summed E-state index contributed by atoms with van der Waals surface area (Å²) in [6.07, 6.45) is 0.201. The topological polar surface area (TPSA) is 110 Å². The van der Waals surface area contributed by atoms with E-state index >= 15 is 0 Å². The molecule has 1 aliphatic rings. The van der Waals surface area contributed by atoms with E-state index in [1.165, 1.54) is 6.07 Å². The van der Waals surface area contributed by atoms with Gasteiger partial charge in [0.25, 0.3) is 10.1 Å². The van der Waals surface area contributed by atoms with E-state index < -0.39 is 15.4 Å². The van der Waals surface area contributed by atoms with E-state index in [0.717, 1.165) is 11.3 Å². The number of benzene rings is 2. The van der Waals surface area contributed by atoms with Crippen molar-refractivity contribution in [1.82, 2.24) is 0 Å². The molecule has 0 aromatic heterocycles. The lowest BCUT2D eigenvalue weighted by molar-refractivity contribution is -0.107. The molecule has 0 saturated carbocycles. The number of anilines is 1. The van der Waals surface area contributed by atoms with Crippen molar-refractivity contribution in [3.05, 3.63) is 64.7 Å². The number of ether oxygens (including phenoxy) is 1. The van der Waals surface area contributed by atoms with Gasteiger partial charge in [0.1, 0.15) is 12.9 Å². The molecule has 0 fully saturated rings. The molecule has 0 spiro atoms. The van der Waals surface area contributed by atoms with Gasteiger partial charge in [-0.05, 0) is 29.3 Å². The van der Waals surface area contributed by atoms with Gasteiger partial charge in [-0.2, -0.15) is 8.42 Å². The van der Waals surface area contributed by atoms with E-state index in [1.54, 1.807) is 36.4 Å². The summed E-state index contributed by atoms with van der Waals surface area (Å²) in [6, 6.07) is 11.6. The first-order chi connectivity index (χ1) is 11.9. The van der Waals surface area contributed by atoms with Gasteiger partial charge in [-0.25, -0.2) is 4.79 Å². The summed E-state index contributed by atoms with van der Waals surface area (Å²) in [5.74, 6) is -0.353. The number of cyclic esters (lactones) is 1. The lowest BCUT2D eigenvalue weighted by atomic mass is 10.0. The lowest BCUT2D eigenvalue weighted by Crippen LogP contribution is -2.16. The average Bonchev–Trinajstić information content (AvgIpc) is 2.94. The summed E-state index contributed by atoms with van der Waals surface area (Å²) in [5.41, 5.74) is 2.80. The molecule has 2 aromatic rings. The van der Waals surface area contributed by atoms with E-state index in [2.05, 4.69) is 5.32 Å². The SMILES string of the molecule is O=CC(c1ccccc1CNc1ccc2c(c1)COC2=O)S(=O)(=O)O. The molecule has 1 aliphatic heterocycles. The van der Waals surface area contributed by atoms with Gasteiger partial charge < -0.3 is 14.8 Å². The average molecular weight is 361 g/mol. The molecule has 2 N–H and O–H groups in total. The number of hydrogen-bond acceptors (Lipinski definition) is 6. The monoisotopic (exact) mass is 361 g/mol. The first kappa shape index (κ1) is 17.1. The number of carbonyl (C=O) groups is 2. The second-order valence-corrected chi connectivity index (χ2v) is 7.11. The molecule has 0 aliphatic carbocycles. The normalized spacial score (nSPS) is 14.5. The van der Waals surface area contributed by atoms with Gasteiger partial charge in [0.15, 0.2) is 5.25 Å². The first-order valence-corrected chi connectivity index (χ1v) is 8.94. The quantitative estimate of drug-likeness (QED) is 0.460. The van der Waals surface area contributed by atoms with Crippen LogP contribution in [0.4, 0.5) is 5.69 Å². The summed E-state index contributed by atoms with van der Waals surface area (Å²) in [6.45, 7) is 0.458. The Morgan fingerprint density at radius 1 is 1.24 bits per heavy atom. The zero-order valence-corrected chi connectivity index (χ0v) is 13.8. The van der Waals surface area contributed by atoms with Crippen LogP contribution in [-0.2, 0) is 32.8 Å². The van der Waals surface area contributed by atoms with E-state index in [1.807, 2.05) is 0 Å². The first-order valence-electron chi connectivity index (χ1n) is 7.43. The third-order valence-electron chi connectivity index (χ3n) is 3.97. The maximum absolute atomic E-state index is 11.4. The van der Waals surface area contributed by atoms with Crippen molar-refractivity contribution >= 4 is 28.1 Å². The fraction of sp³-hybridized carbons (Fsp3) is 0.176. The summed E-state index contributed by atoms with van der Waals surface area (Å²) in [7, 11) is -4.54. The Morgan fingerprint density at radius 2 is 2.00 bits per heavy atom. The van der Waals surface area contributed by atoms with Crippen LogP contribution in [0.5, 0.6) is 0 Å². The summed E-state index contributed by atoms with van der Waals surface area (Å²) < 4.78 is 37.0. The zero-order chi connectivity index (χ0) is 18.0. The molecule has 130 valence electrons. The Balaban J connectivity index is 1.83. The van der Waals surface area contributed by atoms with Crippen LogP contribution in [0.2, 0.25) is 0 Å². The van der Waals surface area contributed by atoms with Gasteiger partial charge >= 0.3 is 5.97 Å². The van der Waals surface area contributed by atoms with Crippen LogP contribution in [-0.4, -0.2) is 25.2 Å². The molecule has 0 bridgehead atoms. The minimum atomic E-state index is -4.54. The van der Waals surface area contributed by atoms with Crippen molar-refractivity contribution < 1.29 is 27.3 Å². The molecule has 2 aromatic carbocycles. The smallest absolute Gasteiger partial charge is 0.338 e. The Kier molecular flexibility index (Phi) is 4.56. The minimum Gasteiger partial charge on any atom is -0.457 e. The standard InChI is InChI=1S/C17H15NO6S/c19-9-16(25(21,22)23)14-4-2-1-3-11(14)8-18-13-5-6-15-12(7-13)10-24-17(15)20/h1-7,9,16,18H,8,10H2,(H,21,22,23). The third kappa shape index (κ3) is 3.54. The molecule has 0 saturated heterocycles. The molecule has 8 heteroatoms. The molecule has 0 amide bonds. The Morgan fingerprint density at radius 3 is 2.72 bits per heavy atom. The van der Waals surface area contributed by atoms with Crippen LogP contribution in [0.1, 0.15) is 32.3 Å². The van der Waals surface area contributed by atoms with Crippen LogP contribution in [0.3, 0.4) is 0 Å². The lowest BCUT2D eigenvalue weighted by Gasteiger charge is -2.14. The van der Waals surface area contributed by atoms with E-state index in [0.29, 0.717) is 11.1 Å². The molecule has 25 heavy (non-hydrogen) atoms. The third-order valence-corrected chi connectivity index (χ3v) is 4.98. The maximum Gasteiger partial charge on any atom is 0.338 e. The summed E-state index contributed by atoms with van der Waals surface area (Å²) in [5, 5.41) is 1.49. The van der Waals surface area contributed by atoms with Crippen molar-refractivity contribution in [1.29, 1.82) is 0 Å². The van der Waals surface area contributed by atoms with Crippen molar-refractivity contribution in [2.45, 2.75) is 18.4 Å². The molecule has 0 radical (unpaired) electrons. The Bertz CT molecular complexity index is 938. The molecule has 7 nitrogen and oxygen atoms in total. The number of hydrogen-bond donors (Lipinski definition) is 2. The van der Waals surface area contributed by atoms with E-state index in [9.17, 15) is 22.6 Å². The van der Waals surface area contributed by atoms with Crippen molar-refractivity contribution in [3.8, 4) is 0 Å². The summed E-state index contributed by atoms with van der Waals surface area (Å²) in [4.78, 5) is 22.6. The maximum atomic E-state index is 11.4. The van der Waals surface area contributed by atoms with E-state index in [-0.39, 0.29) is 31.0 Å². The van der Waals surface area contributed by atoms with Gasteiger partial charge in [0.2, 0.25) is 0 Å². The fourth-order valence-electron chi connectivity index (χ4n) is 2.72. The van der Waals surface area contributed by atoms with Crippen LogP contribution in [0.25, 0.3) is 0 Å². The van der Waals surface area contributed by atoms with Gasteiger partial charge in [-0.1, -0.05) is 24.3 Å². The number of carbonyl (C=O) groups excluding carboxylic acids is 2. The van der Waals surface area contributed by atoms with Crippen molar-refractivity contribution in [3.63, 3.8) is 0 Å². The van der Waals surface area contributed by atoms with Gasteiger partial charge in [-0.3, -0.25) is 4.55 Å². The van der Waals surface area contributed by atoms with Gasteiger partial charge in [0.05, 0.1) is 5.56 Å². The highest BCUT2D eigenvalue weighted by atomic mass is 32.2. The molecule has 3 rings (SSSR count). The Hall–Kier alpha value is -2.71. The highest BCUT2D eigenvalue weighted by Crippen LogP contribution is 2.26. The minimum absolute atomic E-state index is 0.201. The van der Waals surface area contributed by atoms with Gasteiger partial charge in [0, 0.05) is 17.8 Å². The van der Waals surface area contributed by atoms with Crippen LogP contribution in [0, 0.1) is 0 Å². The fourth-order valence-corrected chi connectivity index (χ4v) is 3.41. The van der Waals surface area contributed by atoms with Gasteiger partial charge in [-0.15, -0.1) is 0 Å². The molecular formula is C17H15NO6S. The number of nitrogens with one attached hydrogen (secondary N) is 1. The van der Waals surface area contributed by atoms with Crippen molar-refractivity contribution in [2.75, 3.05) is 5.32 Å². The second kappa shape index (κ2) is 6.66. The Labute approximate surface area is 144 Å². The predicted octanol–water partition coefficient (Wildman–Crippen LogP) is 2.10. The van der Waals surface area contributed by atoms with Crippen LogP contribution in [0.15, 0.2) is 42.5 Å². The highest BCUT2D eigenvalue weighted by molar-refractivity contribution is 7.86. The molecule has 1 atom stereocenters. The highest BCUT2D eigenvalue weighted by Gasteiger charge is 2.26. The number of rotatable bonds is 6. The molecular weight excluding hydrogens is 346 g/mol. The summed E-state index contributed by atoms with van der Waals surface area (Å²) >= 11 is 0. The number of fused-ring (bicyclic) bond motifs is 1. The van der Waals surface area contributed by atoms with Crippen LogP contribution >= 0.6 is 0 Å². The number of esters is 1. The zero-order valence-electron chi connectivity index (χ0n) is 13.0. The second-order valence-electron chi connectivity index (χ2n) is 5.57. The number of aldehydes is 1. The predicted molar refractivity (Wildman–Crippen MR) is 89.7 cm³/mol. The molecule has 1 heterocycles. The molecule has 1 unspecified atom stereocenters. The van der Waals surface area contributed by atoms with Crippen LogP contribution < -0.4 is 5.32 Å².